The van der Waals surface area contributed by atoms with Crippen molar-refractivity contribution in [2.75, 3.05) is 25.2 Å². The maximum Gasteiger partial charge on any atom is 0.190 e. The average Bonchev–Trinajstić information content (AvgIpc) is 3.31. The third-order valence-electron chi connectivity index (χ3n) is 3.78. The topological polar surface area (TPSA) is 84.0 Å². The molecule has 1 unspecified atom stereocenters. The van der Waals surface area contributed by atoms with Gasteiger partial charge in [0.1, 0.15) is 5.69 Å². The highest BCUT2D eigenvalue weighted by Gasteiger charge is 2.33. The molecule has 0 radical (unpaired) electrons. The molecular formula is C14H22N4O2. The van der Waals surface area contributed by atoms with E-state index in [1.807, 2.05) is 12.1 Å². The zero-order valence-electron chi connectivity index (χ0n) is 12.0. The lowest BCUT2D eigenvalue weighted by molar-refractivity contribution is 0.202. The van der Waals surface area contributed by atoms with Gasteiger partial charge < -0.3 is 20.6 Å². The first-order valence-corrected chi connectivity index (χ1v) is 6.87. The molecule has 6 heteroatoms. The number of hydrogen-bond donors (Lipinski definition) is 2. The first-order valence-electron chi connectivity index (χ1n) is 6.87. The third kappa shape index (κ3) is 3.19. The Bertz CT molecular complexity index is 474. The van der Waals surface area contributed by atoms with Gasteiger partial charge in [0.25, 0.3) is 0 Å². The van der Waals surface area contributed by atoms with Gasteiger partial charge in [0.15, 0.2) is 5.84 Å². The van der Waals surface area contributed by atoms with Crippen LogP contribution in [0.5, 0.6) is 0 Å². The summed E-state index contributed by atoms with van der Waals surface area (Å²) >= 11 is 0. The molecule has 0 amide bonds. The van der Waals surface area contributed by atoms with E-state index in [1.165, 1.54) is 12.8 Å². The number of anilines is 1. The number of aromatic nitrogens is 1. The Kier molecular flexibility index (Phi) is 4.79. The number of rotatable bonds is 7. The number of hydrogen-bond acceptors (Lipinski definition) is 5. The summed E-state index contributed by atoms with van der Waals surface area (Å²) in [5.74, 6) is 0.734. The van der Waals surface area contributed by atoms with E-state index >= 15 is 0 Å². The van der Waals surface area contributed by atoms with Gasteiger partial charge in [-0.3, -0.25) is 4.98 Å². The molecule has 1 saturated carbocycles. The molecule has 6 nitrogen and oxygen atoms in total. The van der Waals surface area contributed by atoms with E-state index in [1.54, 1.807) is 13.3 Å². The molecule has 1 heterocycles. The number of oxime groups is 1. The van der Waals surface area contributed by atoms with Gasteiger partial charge in [-0.2, -0.15) is 0 Å². The molecule has 1 atom stereocenters. The molecule has 1 aromatic heterocycles. The molecule has 1 aliphatic rings. The number of nitrogens with zero attached hydrogens (tertiary/aromatic N) is 3. The second-order valence-electron chi connectivity index (χ2n) is 5.12. The lowest BCUT2D eigenvalue weighted by Gasteiger charge is -2.32. The molecule has 0 bridgehead atoms. The van der Waals surface area contributed by atoms with Crippen LogP contribution in [0.4, 0.5) is 5.69 Å². The van der Waals surface area contributed by atoms with Gasteiger partial charge in [-0.05, 0) is 37.8 Å². The molecule has 0 saturated heterocycles. The molecule has 0 spiro atoms. The van der Waals surface area contributed by atoms with Crippen molar-refractivity contribution < 1.29 is 9.94 Å². The number of pyridine rings is 1. The van der Waals surface area contributed by atoms with E-state index in [0.29, 0.717) is 24.3 Å². The summed E-state index contributed by atoms with van der Waals surface area (Å²) in [4.78, 5) is 6.48. The minimum Gasteiger partial charge on any atom is -0.409 e. The van der Waals surface area contributed by atoms with Crippen molar-refractivity contribution in [3.05, 3.63) is 24.0 Å². The smallest absolute Gasteiger partial charge is 0.190 e. The summed E-state index contributed by atoms with van der Waals surface area (Å²) in [6.45, 7) is 3.59. The maximum atomic E-state index is 8.91. The van der Waals surface area contributed by atoms with E-state index < -0.39 is 0 Å². The van der Waals surface area contributed by atoms with Crippen molar-refractivity contribution >= 4 is 11.5 Å². The second-order valence-corrected chi connectivity index (χ2v) is 5.12. The second kappa shape index (κ2) is 6.56. The van der Waals surface area contributed by atoms with Gasteiger partial charge in [-0.25, -0.2) is 0 Å². The summed E-state index contributed by atoms with van der Waals surface area (Å²) in [7, 11) is 1.69. The molecule has 1 aromatic rings. The Morgan fingerprint density at radius 2 is 2.40 bits per heavy atom. The Hall–Kier alpha value is -1.82. The van der Waals surface area contributed by atoms with Gasteiger partial charge >= 0.3 is 0 Å². The zero-order chi connectivity index (χ0) is 14.5. The Morgan fingerprint density at radius 3 is 3.00 bits per heavy atom. The monoisotopic (exact) mass is 278 g/mol. The largest absolute Gasteiger partial charge is 0.409 e. The number of nitrogens with two attached hydrogens (primary N) is 1. The average molecular weight is 278 g/mol. The zero-order valence-corrected chi connectivity index (χ0v) is 12.0. The summed E-state index contributed by atoms with van der Waals surface area (Å²) in [6, 6.07) is 4.21. The fourth-order valence-electron chi connectivity index (χ4n) is 2.44. The Labute approximate surface area is 119 Å². The van der Waals surface area contributed by atoms with Crippen molar-refractivity contribution in [1.82, 2.24) is 4.98 Å². The standard InChI is InChI=1S/C14H22N4O2/c1-10(11-5-6-11)18(8-9-20-2)12-4-3-7-16-13(12)14(15)17-19/h3-4,7,10-11,19H,5-6,8-9H2,1-2H3,(H2,15,17). The summed E-state index contributed by atoms with van der Waals surface area (Å²) in [6.07, 6.45) is 4.15. The van der Waals surface area contributed by atoms with Gasteiger partial charge in [0, 0.05) is 25.9 Å². The highest BCUT2D eigenvalue weighted by atomic mass is 16.5. The lowest BCUT2D eigenvalue weighted by atomic mass is 10.1. The van der Waals surface area contributed by atoms with Crippen molar-refractivity contribution in [3.63, 3.8) is 0 Å². The first-order chi connectivity index (χ1) is 9.69. The molecule has 2 rings (SSSR count). The first kappa shape index (κ1) is 14.6. The highest BCUT2D eigenvalue weighted by molar-refractivity contribution is 6.00. The van der Waals surface area contributed by atoms with Gasteiger partial charge in [0.05, 0.1) is 12.3 Å². The van der Waals surface area contributed by atoms with Crippen LogP contribution in [-0.2, 0) is 4.74 Å². The van der Waals surface area contributed by atoms with Gasteiger partial charge in [-0.1, -0.05) is 5.16 Å². The maximum absolute atomic E-state index is 8.91. The van der Waals surface area contributed by atoms with Crippen molar-refractivity contribution in [2.45, 2.75) is 25.8 Å². The van der Waals surface area contributed by atoms with Crippen LogP contribution in [0, 0.1) is 5.92 Å². The third-order valence-corrected chi connectivity index (χ3v) is 3.78. The summed E-state index contributed by atoms with van der Waals surface area (Å²) in [5, 5.41) is 12.0. The fraction of sp³-hybridized carbons (Fsp3) is 0.571. The normalized spacial score (nSPS) is 17.0. The molecule has 0 aromatic carbocycles. The van der Waals surface area contributed by atoms with Crippen LogP contribution in [0.15, 0.2) is 23.5 Å². The van der Waals surface area contributed by atoms with E-state index in [0.717, 1.165) is 12.2 Å². The minimum atomic E-state index is 0.0333. The van der Waals surface area contributed by atoms with Crippen molar-refractivity contribution in [3.8, 4) is 0 Å². The highest BCUT2D eigenvalue weighted by Crippen LogP contribution is 2.37. The number of methoxy groups -OCH3 is 1. The summed E-state index contributed by atoms with van der Waals surface area (Å²) in [5.41, 5.74) is 7.13. The van der Waals surface area contributed by atoms with E-state index in [9.17, 15) is 0 Å². The van der Waals surface area contributed by atoms with Gasteiger partial charge in [0.2, 0.25) is 0 Å². The van der Waals surface area contributed by atoms with Crippen LogP contribution in [0.2, 0.25) is 0 Å². The quantitative estimate of drug-likeness (QED) is 0.341. The molecule has 20 heavy (non-hydrogen) atoms. The van der Waals surface area contributed by atoms with Crippen LogP contribution in [0.1, 0.15) is 25.5 Å². The van der Waals surface area contributed by atoms with Crippen LogP contribution in [0.25, 0.3) is 0 Å². The molecular weight excluding hydrogens is 256 g/mol. The van der Waals surface area contributed by atoms with E-state index in [-0.39, 0.29) is 5.84 Å². The predicted octanol–water partition coefficient (Wildman–Crippen LogP) is 1.43. The summed E-state index contributed by atoms with van der Waals surface area (Å²) < 4.78 is 5.20. The Balaban J connectivity index is 2.31. The van der Waals surface area contributed by atoms with Crippen LogP contribution in [-0.4, -0.2) is 42.3 Å². The SMILES string of the molecule is COCCN(c1cccnc1/C(N)=N/O)C(C)C1CC1. The Morgan fingerprint density at radius 1 is 1.65 bits per heavy atom. The van der Waals surface area contributed by atoms with Crippen LogP contribution in [0.3, 0.4) is 0 Å². The molecule has 110 valence electrons. The lowest BCUT2D eigenvalue weighted by Crippen LogP contribution is -2.39. The molecule has 3 N–H and O–H groups in total. The predicted molar refractivity (Wildman–Crippen MR) is 78.2 cm³/mol. The van der Waals surface area contributed by atoms with Crippen LogP contribution < -0.4 is 10.6 Å². The molecule has 1 fully saturated rings. The van der Waals surface area contributed by atoms with E-state index in [2.05, 4.69) is 22.0 Å². The number of amidine groups is 1. The van der Waals surface area contributed by atoms with E-state index in [4.69, 9.17) is 15.7 Å². The number of ether oxygens (including phenoxy) is 1. The van der Waals surface area contributed by atoms with Crippen molar-refractivity contribution in [1.29, 1.82) is 0 Å². The van der Waals surface area contributed by atoms with Gasteiger partial charge in [-0.15, -0.1) is 0 Å². The minimum absolute atomic E-state index is 0.0333. The molecule has 0 aliphatic heterocycles. The van der Waals surface area contributed by atoms with Crippen LogP contribution >= 0.6 is 0 Å². The van der Waals surface area contributed by atoms with Crippen molar-refractivity contribution in [2.24, 2.45) is 16.8 Å². The molecule has 1 aliphatic carbocycles. The fourth-order valence-corrected chi connectivity index (χ4v) is 2.44.